The van der Waals surface area contributed by atoms with Gasteiger partial charge in [0.25, 0.3) is 5.91 Å². The topological polar surface area (TPSA) is 86.8 Å². The highest BCUT2D eigenvalue weighted by molar-refractivity contribution is 5.96. The number of pyridine rings is 1. The quantitative estimate of drug-likeness (QED) is 0.765. The Morgan fingerprint density at radius 1 is 1.18 bits per heavy atom. The first-order chi connectivity index (χ1) is 13.6. The number of nitrogens with one attached hydrogen (secondary N) is 1. The first-order valence-corrected chi connectivity index (χ1v) is 8.91. The van der Waals surface area contributed by atoms with Crippen LogP contribution in [0, 0.1) is 5.82 Å². The normalized spacial score (nSPS) is 15.5. The Labute approximate surface area is 161 Å². The smallest absolute Gasteiger partial charge is 0.333 e. The number of hydrogen-bond acceptors (Lipinski definition) is 6. The molecular formula is C20H21FN2O5. The molecule has 0 saturated carbocycles. The van der Waals surface area contributed by atoms with Crippen molar-refractivity contribution in [1.29, 1.82) is 0 Å². The summed E-state index contributed by atoms with van der Waals surface area (Å²) in [5, 5.41) is 2.59. The molecule has 1 aliphatic rings. The van der Waals surface area contributed by atoms with E-state index in [1.807, 2.05) is 0 Å². The SMILES string of the molecule is COC(=O)[C@H](NC(=O)c1ccc(OC2CCOCC2)nc1)c1ccc(F)cc1. The lowest BCUT2D eigenvalue weighted by molar-refractivity contribution is -0.143. The van der Waals surface area contributed by atoms with Crippen LogP contribution in [-0.4, -0.2) is 43.3 Å². The number of carbonyl (C=O) groups is 2. The zero-order valence-electron chi connectivity index (χ0n) is 15.4. The summed E-state index contributed by atoms with van der Waals surface area (Å²) in [6.45, 7) is 1.31. The fourth-order valence-electron chi connectivity index (χ4n) is 2.81. The lowest BCUT2D eigenvalue weighted by Crippen LogP contribution is -2.34. The second-order valence-corrected chi connectivity index (χ2v) is 6.30. The number of aromatic nitrogens is 1. The summed E-state index contributed by atoms with van der Waals surface area (Å²) in [6.07, 6.45) is 3.01. The lowest BCUT2D eigenvalue weighted by atomic mass is 10.1. The predicted octanol–water partition coefficient (Wildman–Crippen LogP) is 2.42. The summed E-state index contributed by atoms with van der Waals surface area (Å²) in [5.41, 5.74) is 0.671. The largest absolute Gasteiger partial charge is 0.474 e. The van der Waals surface area contributed by atoms with Gasteiger partial charge in [-0.2, -0.15) is 0 Å². The van der Waals surface area contributed by atoms with Crippen molar-refractivity contribution >= 4 is 11.9 Å². The van der Waals surface area contributed by atoms with Gasteiger partial charge in [0.2, 0.25) is 5.88 Å². The summed E-state index contributed by atoms with van der Waals surface area (Å²) in [5.74, 6) is -1.19. The van der Waals surface area contributed by atoms with Crippen molar-refractivity contribution in [2.45, 2.75) is 25.0 Å². The van der Waals surface area contributed by atoms with Crippen molar-refractivity contribution in [3.8, 4) is 5.88 Å². The highest BCUT2D eigenvalue weighted by atomic mass is 19.1. The molecule has 1 aromatic heterocycles. The average Bonchev–Trinajstić information content (AvgIpc) is 2.73. The van der Waals surface area contributed by atoms with Crippen LogP contribution >= 0.6 is 0 Å². The number of carbonyl (C=O) groups excluding carboxylic acids is 2. The van der Waals surface area contributed by atoms with Crippen molar-refractivity contribution in [2.24, 2.45) is 0 Å². The van der Waals surface area contributed by atoms with E-state index < -0.39 is 23.7 Å². The average molecular weight is 388 g/mol. The minimum atomic E-state index is -1.06. The van der Waals surface area contributed by atoms with E-state index >= 15 is 0 Å². The third-order valence-corrected chi connectivity index (χ3v) is 4.37. The molecule has 148 valence electrons. The minimum absolute atomic E-state index is 0.0445. The molecule has 2 heterocycles. The summed E-state index contributed by atoms with van der Waals surface area (Å²) in [4.78, 5) is 28.8. The Hall–Kier alpha value is -3.00. The Morgan fingerprint density at radius 3 is 2.50 bits per heavy atom. The van der Waals surface area contributed by atoms with Gasteiger partial charge in [0.15, 0.2) is 6.04 Å². The molecular weight excluding hydrogens is 367 g/mol. The molecule has 0 spiro atoms. The molecule has 1 aliphatic heterocycles. The molecule has 7 nitrogen and oxygen atoms in total. The van der Waals surface area contributed by atoms with Gasteiger partial charge in [-0.25, -0.2) is 14.2 Å². The highest BCUT2D eigenvalue weighted by Gasteiger charge is 2.24. The maximum absolute atomic E-state index is 13.1. The summed E-state index contributed by atoms with van der Waals surface area (Å²) < 4.78 is 28.9. The zero-order chi connectivity index (χ0) is 19.9. The second-order valence-electron chi connectivity index (χ2n) is 6.30. The van der Waals surface area contributed by atoms with Crippen LogP contribution < -0.4 is 10.1 Å². The van der Waals surface area contributed by atoms with Crippen molar-refractivity contribution in [3.63, 3.8) is 0 Å². The van der Waals surface area contributed by atoms with Crippen LogP contribution in [0.15, 0.2) is 42.6 Å². The first kappa shape index (κ1) is 19.8. The number of rotatable bonds is 6. The highest BCUT2D eigenvalue weighted by Crippen LogP contribution is 2.18. The summed E-state index contributed by atoms with van der Waals surface area (Å²) >= 11 is 0. The summed E-state index contributed by atoms with van der Waals surface area (Å²) in [6, 6.07) is 7.37. The monoisotopic (exact) mass is 388 g/mol. The number of hydrogen-bond donors (Lipinski definition) is 1. The van der Waals surface area contributed by atoms with Crippen LogP contribution in [0.5, 0.6) is 5.88 Å². The van der Waals surface area contributed by atoms with Gasteiger partial charge in [-0.1, -0.05) is 12.1 Å². The van der Waals surface area contributed by atoms with E-state index in [0.717, 1.165) is 12.8 Å². The van der Waals surface area contributed by atoms with E-state index in [4.69, 9.17) is 14.2 Å². The van der Waals surface area contributed by atoms with Crippen LogP contribution in [0.25, 0.3) is 0 Å². The van der Waals surface area contributed by atoms with Gasteiger partial charge in [0, 0.05) is 25.1 Å². The number of ether oxygens (including phenoxy) is 3. The fourth-order valence-corrected chi connectivity index (χ4v) is 2.81. The second kappa shape index (κ2) is 9.27. The number of amides is 1. The Balaban J connectivity index is 1.67. The molecule has 2 aromatic rings. The van der Waals surface area contributed by atoms with Crippen molar-refractivity contribution in [2.75, 3.05) is 20.3 Å². The fraction of sp³-hybridized carbons (Fsp3) is 0.350. The maximum Gasteiger partial charge on any atom is 0.333 e. The number of esters is 1. The molecule has 3 rings (SSSR count). The van der Waals surface area contributed by atoms with Crippen molar-refractivity contribution in [1.82, 2.24) is 10.3 Å². The van der Waals surface area contributed by atoms with Gasteiger partial charge in [0.1, 0.15) is 11.9 Å². The maximum atomic E-state index is 13.1. The Kier molecular flexibility index (Phi) is 6.54. The molecule has 0 aliphatic carbocycles. The van der Waals surface area contributed by atoms with Crippen molar-refractivity contribution < 1.29 is 28.2 Å². The molecule has 1 N–H and O–H groups in total. The minimum Gasteiger partial charge on any atom is -0.474 e. The van der Waals surface area contributed by atoms with Gasteiger partial charge >= 0.3 is 5.97 Å². The van der Waals surface area contributed by atoms with Crippen molar-refractivity contribution in [3.05, 3.63) is 59.5 Å². The third kappa shape index (κ3) is 5.04. The van der Waals surface area contributed by atoms with Gasteiger partial charge in [-0.3, -0.25) is 4.79 Å². The third-order valence-electron chi connectivity index (χ3n) is 4.37. The molecule has 0 unspecified atom stereocenters. The van der Waals surface area contributed by atoms with E-state index in [9.17, 15) is 14.0 Å². The van der Waals surface area contributed by atoms with E-state index in [1.165, 1.54) is 37.6 Å². The predicted molar refractivity (Wildman–Crippen MR) is 97.3 cm³/mol. The number of halogens is 1. The van der Waals surface area contributed by atoms with Crippen LogP contribution in [0.1, 0.15) is 34.8 Å². The molecule has 1 saturated heterocycles. The van der Waals surface area contributed by atoms with E-state index in [2.05, 4.69) is 10.3 Å². The Morgan fingerprint density at radius 2 is 1.89 bits per heavy atom. The molecule has 1 fully saturated rings. The molecule has 0 radical (unpaired) electrons. The molecule has 1 amide bonds. The first-order valence-electron chi connectivity index (χ1n) is 8.91. The van der Waals surface area contributed by atoms with E-state index in [1.54, 1.807) is 12.1 Å². The van der Waals surface area contributed by atoms with Gasteiger partial charge in [-0.05, 0) is 23.8 Å². The van der Waals surface area contributed by atoms with Crippen LogP contribution in [0.2, 0.25) is 0 Å². The lowest BCUT2D eigenvalue weighted by Gasteiger charge is -2.22. The van der Waals surface area contributed by atoms with E-state index in [0.29, 0.717) is 24.7 Å². The molecule has 0 bridgehead atoms. The van der Waals surface area contributed by atoms with Gasteiger partial charge < -0.3 is 19.5 Å². The number of nitrogens with zero attached hydrogens (tertiary/aromatic N) is 1. The number of methoxy groups -OCH3 is 1. The van der Waals surface area contributed by atoms with Gasteiger partial charge in [0.05, 0.1) is 25.9 Å². The van der Waals surface area contributed by atoms with Gasteiger partial charge in [-0.15, -0.1) is 0 Å². The standard InChI is InChI=1S/C20H21FN2O5/c1-26-20(25)18(13-2-5-15(21)6-3-13)23-19(24)14-4-7-17(22-12-14)28-16-8-10-27-11-9-16/h2-7,12,16,18H,8-11H2,1H3,(H,23,24)/t18-/m1/s1. The molecule has 28 heavy (non-hydrogen) atoms. The summed E-state index contributed by atoms with van der Waals surface area (Å²) in [7, 11) is 1.22. The van der Waals surface area contributed by atoms with E-state index in [-0.39, 0.29) is 11.7 Å². The Bertz CT molecular complexity index is 804. The zero-order valence-corrected chi connectivity index (χ0v) is 15.4. The van der Waals surface area contributed by atoms with Crippen LogP contribution in [0.4, 0.5) is 4.39 Å². The van der Waals surface area contributed by atoms with Crippen LogP contribution in [-0.2, 0) is 14.3 Å². The van der Waals surface area contributed by atoms with Crippen LogP contribution in [0.3, 0.4) is 0 Å². The molecule has 1 atom stereocenters. The number of benzene rings is 1. The molecule has 1 aromatic carbocycles. The molecule has 8 heteroatoms.